The fourth-order valence-electron chi connectivity index (χ4n) is 3.55. The minimum Gasteiger partial charge on any atom is -0.444 e. The molecule has 0 aromatic heterocycles. The lowest BCUT2D eigenvalue weighted by atomic mass is 9.99. The van der Waals surface area contributed by atoms with Crippen molar-refractivity contribution in [2.45, 2.75) is 65.5 Å². The maximum absolute atomic E-state index is 12.0. The van der Waals surface area contributed by atoms with Gasteiger partial charge in [0, 0.05) is 26.2 Å². The largest absolute Gasteiger partial charge is 0.444 e. The predicted octanol–water partition coefficient (Wildman–Crippen LogP) is 2.90. The molecular weight excluding hydrogens is 469 g/mol. The quantitative estimate of drug-likeness (QED) is 0.339. The maximum Gasteiger partial charge on any atom is 0.407 e. The van der Waals surface area contributed by atoms with Gasteiger partial charge in [-0.25, -0.2) is 4.79 Å². The van der Waals surface area contributed by atoms with Crippen molar-refractivity contribution in [2.75, 3.05) is 45.8 Å². The third-order valence-corrected chi connectivity index (χ3v) is 5.10. The van der Waals surface area contributed by atoms with Crippen molar-refractivity contribution in [1.29, 1.82) is 0 Å². The number of nitrogens with one attached hydrogen (secondary N) is 2. The van der Waals surface area contributed by atoms with Gasteiger partial charge in [0.2, 0.25) is 0 Å². The van der Waals surface area contributed by atoms with E-state index in [1.165, 1.54) is 25.9 Å². The Kier molecular flexibility index (Phi) is 10.9. The molecule has 0 aromatic rings. The van der Waals surface area contributed by atoms with Crippen molar-refractivity contribution in [1.82, 2.24) is 20.4 Å². The molecule has 0 aliphatic carbocycles. The van der Waals surface area contributed by atoms with E-state index in [2.05, 4.69) is 34.3 Å². The Bertz CT molecular complexity index is 501. The van der Waals surface area contributed by atoms with Crippen LogP contribution in [0.25, 0.3) is 0 Å². The highest BCUT2D eigenvalue weighted by molar-refractivity contribution is 14.0. The Morgan fingerprint density at radius 2 is 1.86 bits per heavy atom. The molecule has 2 N–H and O–H groups in total. The Morgan fingerprint density at radius 1 is 1.18 bits per heavy atom. The standard InChI is InChI=1S/C20H39N5O2.HI/c1-6-21-18(22-10-14-24-11-7-16(2)8-12-24)25-13-9-17(15-25)23-19(26)27-20(3,4)5;/h16-17H,6-15H2,1-5H3,(H,21,22)(H,23,26);1H. The second-order valence-electron chi connectivity index (χ2n) is 8.84. The van der Waals surface area contributed by atoms with E-state index >= 15 is 0 Å². The van der Waals surface area contributed by atoms with Crippen LogP contribution in [0.1, 0.15) is 53.9 Å². The summed E-state index contributed by atoms with van der Waals surface area (Å²) in [4.78, 5) is 21.6. The van der Waals surface area contributed by atoms with Crippen LogP contribution >= 0.6 is 24.0 Å². The molecule has 1 amide bonds. The number of hydrogen-bond donors (Lipinski definition) is 2. The molecule has 0 spiro atoms. The molecule has 2 aliphatic rings. The number of piperidine rings is 1. The van der Waals surface area contributed by atoms with Crippen LogP contribution in [0, 0.1) is 5.92 Å². The van der Waals surface area contributed by atoms with E-state index in [1.54, 1.807) is 0 Å². The molecule has 0 saturated carbocycles. The summed E-state index contributed by atoms with van der Waals surface area (Å²) in [5.41, 5.74) is -0.467. The van der Waals surface area contributed by atoms with Crippen molar-refractivity contribution in [3.05, 3.63) is 0 Å². The first-order chi connectivity index (χ1) is 12.8. The first-order valence-electron chi connectivity index (χ1n) is 10.5. The zero-order valence-electron chi connectivity index (χ0n) is 18.3. The molecule has 8 heteroatoms. The lowest BCUT2D eigenvalue weighted by molar-refractivity contribution is 0.0507. The van der Waals surface area contributed by atoms with Crippen molar-refractivity contribution < 1.29 is 9.53 Å². The van der Waals surface area contributed by atoms with Crippen molar-refractivity contribution in [3.63, 3.8) is 0 Å². The summed E-state index contributed by atoms with van der Waals surface area (Å²) in [5.74, 6) is 1.82. The number of guanidine groups is 1. The molecule has 0 radical (unpaired) electrons. The van der Waals surface area contributed by atoms with Gasteiger partial charge in [-0.3, -0.25) is 4.99 Å². The van der Waals surface area contributed by atoms with E-state index in [1.807, 2.05) is 20.8 Å². The number of rotatable bonds is 5. The number of aliphatic imine (C=N–C) groups is 1. The van der Waals surface area contributed by atoms with Crippen LogP contribution in [-0.2, 0) is 4.74 Å². The van der Waals surface area contributed by atoms with Gasteiger partial charge in [-0.1, -0.05) is 6.92 Å². The zero-order chi connectivity index (χ0) is 19.9. The second-order valence-corrected chi connectivity index (χ2v) is 8.84. The number of halogens is 1. The maximum atomic E-state index is 12.0. The molecule has 2 rings (SSSR count). The lowest BCUT2D eigenvalue weighted by Gasteiger charge is -2.29. The molecule has 0 bridgehead atoms. The number of alkyl carbamates (subject to hydrolysis) is 1. The number of carbonyl (C=O) groups is 1. The molecule has 2 heterocycles. The number of nitrogens with zero attached hydrogens (tertiary/aromatic N) is 3. The number of ether oxygens (including phenoxy) is 1. The normalized spacial score (nSPS) is 22.0. The van der Waals surface area contributed by atoms with E-state index in [0.717, 1.165) is 51.0 Å². The highest BCUT2D eigenvalue weighted by Crippen LogP contribution is 2.15. The predicted molar refractivity (Wildman–Crippen MR) is 126 cm³/mol. The van der Waals surface area contributed by atoms with E-state index in [-0.39, 0.29) is 36.1 Å². The summed E-state index contributed by atoms with van der Waals surface area (Å²) in [6.07, 6.45) is 3.17. The van der Waals surface area contributed by atoms with Gasteiger partial charge in [0.05, 0.1) is 12.6 Å². The molecule has 2 fully saturated rings. The number of likely N-dealkylation sites (tertiary alicyclic amines) is 2. The van der Waals surface area contributed by atoms with Crippen LogP contribution < -0.4 is 10.6 Å². The zero-order valence-corrected chi connectivity index (χ0v) is 20.6. The van der Waals surface area contributed by atoms with Gasteiger partial charge >= 0.3 is 6.09 Å². The van der Waals surface area contributed by atoms with Gasteiger partial charge in [0.15, 0.2) is 5.96 Å². The molecule has 7 nitrogen and oxygen atoms in total. The summed E-state index contributed by atoms with van der Waals surface area (Å²) >= 11 is 0. The SMILES string of the molecule is CCNC(=NCCN1CCC(C)CC1)N1CCC(NC(=O)OC(C)(C)C)C1.I. The molecule has 2 aliphatic heterocycles. The van der Waals surface area contributed by atoms with Gasteiger partial charge < -0.3 is 25.2 Å². The van der Waals surface area contributed by atoms with Gasteiger partial charge in [0.25, 0.3) is 0 Å². The second kappa shape index (κ2) is 12.0. The average molecular weight is 509 g/mol. The van der Waals surface area contributed by atoms with Gasteiger partial charge in [-0.15, -0.1) is 24.0 Å². The van der Waals surface area contributed by atoms with Crippen molar-refractivity contribution in [2.24, 2.45) is 10.9 Å². The van der Waals surface area contributed by atoms with Crippen molar-refractivity contribution >= 4 is 36.0 Å². The van der Waals surface area contributed by atoms with Crippen LogP contribution in [0.2, 0.25) is 0 Å². The summed E-state index contributed by atoms with van der Waals surface area (Å²) in [6.45, 7) is 16.8. The lowest BCUT2D eigenvalue weighted by Crippen LogP contribution is -2.44. The molecule has 1 atom stereocenters. The molecule has 1 unspecified atom stereocenters. The summed E-state index contributed by atoms with van der Waals surface area (Å²) in [5, 5.41) is 6.38. The van der Waals surface area contributed by atoms with Crippen LogP contribution in [0.4, 0.5) is 4.79 Å². The monoisotopic (exact) mass is 509 g/mol. The Balaban J connectivity index is 0.00000392. The average Bonchev–Trinajstić information content (AvgIpc) is 3.02. The van der Waals surface area contributed by atoms with Crippen LogP contribution in [0.3, 0.4) is 0 Å². The molecular formula is C20H40IN5O2. The van der Waals surface area contributed by atoms with Gasteiger partial charge in [-0.2, -0.15) is 0 Å². The third kappa shape index (κ3) is 9.15. The Morgan fingerprint density at radius 3 is 2.46 bits per heavy atom. The minimum absolute atomic E-state index is 0. The molecule has 164 valence electrons. The molecule has 2 saturated heterocycles. The number of hydrogen-bond acceptors (Lipinski definition) is 4. The van der Waals surface area contributed by atoms with E-state index in [9.17, 15) is 4.79 Å². The van der Waals surface area contributed by atoms with Crippen molar-refractivity contribution in [3.8, 4) is 0 Å². The van der Waals surface area contributed by atoms with E-state index in [4.69, 9.17) is 9.73 Å². The summed E-state index contributed by atoms with van der Waals surface area (Å²) < 4.78 is 5.36. The number of amides is 1. The smallest absolute Gasteiger partial charge is 0.407 e. The fraction of sp³-hybridized carbons (Fsp3) is 0.900. The highest BCUT2D eigenvalue weighted by atomic mass is 127. The van der Waals surface area contributed by atoms with Gasteiger partial charge in [0.1, 0.15) is 5.60 Å². The summed E-state index contributed by atoms with van der Waals surface area (Å²) in [7, 11) is 0. The molecule has 28 heavy (non-hydrogen) atoms. The Hall–Kier alpha value is -0.770. The minimum atomic E-state index is -0.467. The van der Waals surface area contributed by atoms with Crippen LogP contribution in [-0.4, -0.2) is 79.3 Å². The fourth-order valence-corrected chi connectivity index (χ4v) is 3.55. The van der Waals surface area contributed by atoms with E-state index < -0.39 is 5.60 Å². The first-order valence-corrected chi connectivity index (χ1v) is 10.5. The third-order valence-electron chi connectivity index (χ3n) is 5.10. The van der Waals surface area contributed by atoms with Crippen LogP contribution in [0.15, 0.2) is 4.99 Å². The first kappa shape index (κ1) is 25.3. The van der Waals surface area contributed by atoms with Gasteiger partial charge in [-0.05, 0) is 66.0 Å². The summed E-state index contributed by atoms with van der Waals surface area (Å²) in [6, 6.07) is 0.104. The molecule has 0 aromatic carbocycles. The topological polar surface area (TPSA) is 69.2 Å². The van der Waals surface area contributed by atoms with E-state index in [0.29, 0.717) is 0 Å². The Labute approximate surface area is 188 Å². The highest BCUT2D eigenvalue weighted by Gasteiger charge is 2.27. The number of carbonyl (C=O) groups excluding carboxylic acids is 1. The van der Waals surface area contributed by atoms with Crippen LogP contribution in [0.5, 0.6) is 0 Å².